The molecule has 1 aromatic rings. The fourth-order valence-corrected chi connectivity index (χ4v) is 3.25. The summed E-state index contributed by atoms with van der Waals surface area (Å²) in [6.45, 7) is 3.00. The summed E-state index contributed by atoms with van der Waals surface area (Å²) in [5.74, 6) is 0.830. The fourth-order valence-electron chi connectivity index (χ4n) is 3.25. The van der Waals surface area contributed by atoms with Crippen molar-refractivity contribution in [3.63, 3.8) is 0 Å². The van der Waals surface area contributed by atoms with Crippen molar-refractivity contribution in [2.45, 2.75) is 57.0 Å². The second-order valence-corrected chi connectivity index (χ2v) is 6.09. The average Bonchev–Trinajstić information content (AvgIpc) is 3.14. The monoisotopic (exact) mass is 291 g/mol. The fraction of sp³-hybridized carbons (Fsp3) is 0.647. The molecule has 116 valence electrons. The molecule has 0 spiro atoms. The average molecular weight is 291 g/mol. The molecule has 2 heterocycles. The lowest BCUT2D eigenvalue weighted by atomic mass is 9.95. The molecular formula is C17H25NO3. The van der Waals surface area contributed by atoms with E-state index >= 15 is 0 Å². The van der Waals surface area contributed by atoms with Crippen LogP contribution in [0.4, 0.5) is 0 Å². The van der Waals surface area contributed by atoms with E-state index in [-0.39, 0.29) is 0 Å². The number of nitrogens with one attached hydrogen (secondary N) is 1. The lowest BCUT2D eigenvalue weighted by Gasteiger charge is -2.22. The van der Waals surface area contributed by atoms with Crippen molar-refractivity contribution in [1.82, 2.24) is 5.32 Å². The summed E-state index contributed by atoms with van der Waals surface area (Å²) >= 11 is 0. The highest BCUT2D eigenvalue weighted by molar-refractivity contribution is 5.28. The molecule has 4 atom stereocenters. The van der Waals surface area contributed by atoms with E-state index in [4.69, 9.17) is 9.47 Å². The van der Waals surface area contributed by atoms with Gasteiger partial charge in [0.2, 0.25) is 0 Å². The molecule has 0 aromatic heterocycles. The predicted molar refractivity (Wildman–Crippen MR) is 81.6 cm³/mol. The van der Waals surface area contributed by atoms with Gasteiger partial charge in [-0.2, -0.15) is 0 Å². The van der Waals surface area contributed by atoms with Gasteiger partial charge in [-0.05, 0) is 43.4 Å². The molecule has 4 unspecified atom stereocenters. The van der Waals surface area contributed by atoms with Crippen molar-refractivity contribution in [3.8, 4) is 5.75 Å². The molecule has 2 aliphatic heterocycles. The zero-order chi connectivity index (χ0) is 14.7. The van der Waals surface area contributed by atoms with Crippen LogP contribution in [0.5, 0.6) is 5.75 Å². The minimum absolute atomic E-state index is 0.321. The van der Waals surface area contributed by atoms with Gasteiger partial charge in [-0.25, -0.2) is 0 Å². The van der Waals surface area contributed by atoms with Crippen LogP contribution in [0, 0.1) is 0 Å². The van der Waals surface area contributed by atoms with Gasteiger partial charge >= 0.3 is 0 Å². The van der Waals surface area contributed by atoms with Crippen LogP contribution in [0.15, 0.2) is 24.3 Å². The molecule has 0 radical (unpaired) electrons. The summed E-state index contributed by atoms with van der Waals surface area (Å²) < 4.78 is 11.5. The van der Waals surface area contributed by atoms with Gasteiger partial charge in [0.15, 0.2) is 0 Å². The highest BCUT2D eigenvalue weighted by Crippen LogP contribution is 2.34. The Morgan fingerprint density at radius 2 is 2.33 bits per heavy atom. The summed E-state index contributed by atoms with van der Waals surface area (Å²) in [6.07, 6.45) is 4.72. The van der Waals surface area contributed by atoms with E-state index in [9.17, 15) is 5.11 Å². The summed E-state index contributed by atoms with van der Waals surface area (Å²) in [6, 6.07) is 8.44. The molecule has 2 saturated heterocycles. The van der Waals surface area contributed by atoms with Gasteiger partial charge in [-0.1, -0.05) is 19.1 Å². The van der Waals surface area contributed by atoms with Crippen molar-refractivity contribution < 1.29 is 14.6 Å². The number of aliphatic hydroxyl groups excluding tert-OH is 1. The first kappa shape index (κ1) is 14.8. The number of benzene rings is 1. The van der Waals surface area contributed by atoms with Crippen LogP contribution >= 0.6 is 0 Å². The van der Waals surface area contributed by atoms with Gasteiger partial charge in [0, 0.05) is 12.6 Å². The minimum atomic E-state index is -0.491. The molecule has 4 nitrogen and oxygen atoms in total. The number of rotatable bonds is 7. The summed E-state index contributed by atoms with van der Waals surface area (Å²) in [5, 5.41) is 13.5. The van der Waals surface area contributed by atoms with Gasteiger partial charge < -0.3 is 19.9 Å². The standard InChI is InChI=1S/C17H25NO3/c1-2-12-4-3-5-14(8-12)20-11-13(19)10-18-16-9-15-6-7-17(16)21-15/h3-5,8,13,15-19H,2,6-7,9-11H2,1H3. The number of aliphatic hydroxyl groups is 1. The lowest BCUT2D eigenvalue weighted by molar-refractivity contribution is 0.0853. The van der Waals surface area contributed by atoms with E-state index in [0.29, 0.717) is 31.4 Å². The van der Waals surface area contributed by atoms with Crippen LogP contribution in [-0.4, -0.2) is 42.6 Å². The molecule has 0 amide bonds. The quantitative estimate of drug-likeness (QED) is 0.805. The third-order valence-electron chi connectivity index (χ3n) is 4.47. The number of ether oxygens (including phenoxy) is 2. The summed E-state index contributed by atoms with van der Waals surface area (Å²) in [4.78, 5) is 0. The molecule has 4 heteroatoms. The van der Waals surface area contributed by atoms with E-state index in [1.807, 2.05) is 18.2 Å². The van der Waals surface area contributed by atoms with Crippen molar-refractivity contribution in [3.05, 3.63) is 29.8 Å². The van der Waals surface area contributed by atoms with Gasteiger partial charge in [0.25, 0.3) is 0 Å². The van der Waals surface area contributed by atoms with Gasteiger partial charge in [0.1, 0.15) is 18.5 Å². The summed E-state index contributed by atoms with van der Waals surface area (Å²) in [5.41, 5.74) is 1.25. The lowest BCUT2D eigenvalue weighted by Crippen LogP contribution is -2.42. The number of aryl methyl sites for hydroxylation is 1. The first-order chi connectivity index (χ1) is 10.2. The SMILES string of the molecule is CCc1cccc(OCC(O)CNC2CC3CCC2O3)c1. The first-order valence-electron chi connectivity index (χ1n) is 8.03. The number of fused-ring (bicyclic) bond motifs is 2. The van der Waals surface area contributed by atoms with Crippen LogP contribution in [0.25, 0.3) is 0 Å². The molecule has 1 aromatic carbocycles. The van der Waals surface area contributed by atoms with E-state index in [2.05, 4.69) is 18.3 Å². The molecule has 0 aliphatic carbocycles. The highest BCUT2D eigenvalue weighted by Gasteiger charge is 2.40. The van der Waals surface area contributed by atoms with Gasteiger partial charge in [-0.15, -0.1) is 0 Å². The third-order valence-corrected chi connectivity index (χ3v) is 4.47. The Bertz CT molecular complexity index is 465. The van der Waals surface area contributed by atoms with Crippen LogP contribution < -0.4 is 10.1 Å². The van der Waals surface area contributed by atoms with Crippen LogP contribution in [-0.2, 0) is 11.2 Å². The summed E-state index contributed by atoms with van der Waals surface area (Å²) in [7, 11) is 0. The van der Waals surface area contributed by atoms with Crippen molar-refractivity contribution in [1.29, 1.82) is 0 Å². The maximum Gasteiger partial charge on any atom is 0.119 e. The Morgan fingerprint density at radius 1 is 1.43 bits per heavy atom. The van der Waals surface area contributed by atoms with Crippen molar-refractivity contribution >= 4 is 0 Å². The van der Waals surface area contributed by atoms with Crippen LogP contribution in [0.2, 0.25) is 0 Å². The minimum Gasteiger partial charge on any atom is -0.491 e. The van der Waals surface area contributed by atoms with Gasteiger partial charge in [-0.3, -0.25) is 0 Å². The largest absolute Gasteiger partial charge is 0.491 e. The topological polar surface area (TPSA) is 50.7 Å². The zero-order valence-electron chi connectivity index (χ0n) is 12.6. The smallest absolute Gasteiger partial charge is 0.119 e. The molecule has 2 aliphatic rings. The second kappa shape index (κ2) is 6.77. The Balaban J connectivity index is 1.39. The van der Waals surface area contributed by atoms with Crippen LogP contribution in [0.1, 0.15) is 31.7 Å². The molecule has 2 fully saturated rings. The maximum atomic E-state index is 10.0. The Morgan fingerprint density at radius 3 is 3.05 bits per heavy atom. The van der Waals surface area contributed by atoms with Crippen molar-refractivity contribution in [2.24, 2.45) is 0 Å². The molecule has 3 rings (SSSR count). The number of hydrogen-bond acceptors (Lipinski definition) is 4. The van der Waals surface area contributed by atoms with Crippen LogP contribution in [0.3, 0.4) is 0 Å². The first-order valence-corrected chi connectivity index (χ1v) is 8.03. The predicted octanol–water partition coefficient (Wildman–Crippen LogP) is 1.90. The van der Waals surface area contributed by atoms with E-state index in [0.717, 1.165) is 25.0 Å². The Hall–Kier alpha value is -1.10. The molecule has 21 heavy (non-hydrogen) atoms. The van der Waals surface area contributed by atoms with Gasteiger partial charge in [0.05, 0.1) is 12.2 Å². The molecular weight excluding hydrogens is 266 g/mol. The second-order valence-electron chi connectivity index (χ2n) is 6.09. The Kier molecular flexibility index (Phi) is 4.78. The third kappa shape index (κ3) is 3.76. The van der Waals surface area contributed by atoms with E-state index in [1.165, 1.54) is 12.0 Å². The molecule has 0 saturated carbocycles. The maximum absolute atomic E-state index is 10.0. The zero-order valence-corrected chi connectivity index (χ0v) is 12.6. The number of hydrogen-bond donors (Lipinski definition) is 2. The normalized spacial score (nSPS) is 28.8. The molecule has 2 bridgehead atoms. The van der Waals surface area contributed by atoms with E-state index < -0.39 is 6.10 Å². The Labute approximate surface area is 126 Å². The van der Waals surface area contributed by atoms with Crippen molar-refractivity contribution in [2.75, 3.05) is 13.2 Å². The van der Waals surface area contributed by atoms with E-state index in [1.54, 1.807) is 0 Å². The molecule has 2 N–H and O–H groups in total. The highest BCUT2D eigenvalue weighted by atomic mass is 16.5.